The topological polar surface area (TPSA) is 54.5 Å². The maximum absolute atomic E-state index is 4.43. The lowest BCUT2D eigenvalue weighted by Crippen LogP contribution is -1.89. The van der Waals surface area contributed by atoms with Crippen molar-refractivity contribution in [2.45, 2.75) is 33.1 Å². The van der Waals surface area contributed by atoms with E-state index >= 15 is 0 Å². The Morgan fingerprint density at radius 3 is 2.88 bits per heavy atom. The first-order valence-electron chi connectivity index (χ1n) is 5.65. The van der Waals surface area contributed by atoms with Crippen molar-refractivity contribution >= 4 is 0 Å². The van der Waals surface area contributed by atoms with Crippen LogP contribution in [0.4, 0.5) is 0 Å². The van der Waals surface area contributed by atoms with E-state index in [9.17, 15) is 0 Å². The summed E-state index contributed by atoms with van der Waals surface area (Å²) in [7, 11) is 0. The maximum Gasteiger partial charge on any atom is 0.199 e. The summed E-state index contributed by atoms with van der Waals surface area (Å²) in [5.74, 6) is 1.63. The monoisotopic (exact) mass is 216 g/mol. The van der Waals surface area contributed by atoms with Crippen LogP contribution in [-0.2, 0) is 6.42 Å². The summed E-state index contributed by atoms with van der Waals surface area (Å²) in [5, 5.41) is 7.14. The van der Waals surface area contributed by atoms with Crippen LogP contribution in [0, 0.1) is 6.92 Å². The molecule has 0 aromatic carbocycles. The summed E-state index contributed by atoms with van der Waals surface area (Å²) in [6.07, 6.45) is 3.25. The van der Waals surface area contributed by atoms with Gasteiger partial charge in [-0.2, -0.15) is 5.10 Å². The van der Waals surface area contributed by atoms with Gasteiger partial charge in [0.2, 0.25) is 0 Å². The van der Waals surface area contributed by atoms with Crippen molar-refractivity contribution in [2.24, 2.45) is 0 Å². The highest BCUT2D eigenvalue weighted by atomic mass is 15.2. The summed E-state index contributed by atoms with van der Waals surface area (Å²) < 4.78 is 0. The summed E-state index contributed by atoms with van der Waals surface area (Å²) >= 11 is 0. The fourth-order valence-corrected chi connectivity index (χ4v) is 1.53. The molecule has 0 aliphatic rings. The molecule has 2 aromatic rings. The van der Waals surface area contributed by atoms with E-state index in [2.05, 4.69) is 27.1 Å². The Morgan fingerprint density at radius 1 is 1.25 bits per heavy atom. The molecule has 0 aliphatic heterocycles. The van der Waals surface area contributed by atoms with E-state index in [1.165, 1.54) is 6.42 Å². The minimum Gasteiger partial charge on any atom is -0.263 e. The summed E-state index contributed by atoms with van der Waals surface area (Å²) in [6.45, 7) is 4.13. The van der Waals surface area contributed by atoms with Crippen LogP contribution in [0.15, 0.2) is 18.2 Å². The number of aromatic amines is 1. The number of H-pyrrole nitrogens is 1. The van der Waals surface area contributed by atoms with Crippen LogP contribution in [0.2, 0.25) is 0 Å². The third-order valence-corrected chi connectivity index (χ3v) is 2.42. The van der Waals surface area contributed by atoms with Gasteiger partial charge < -0.3 is 0 Å². The number of pyridine rings is 1. The van der Waals surface area contributed by atoms with Gasteiger partial charge in [0.25, 0.3) is 0 Å². The Hall–Kier alpha value is -1.71. The van der Waals surface area contributed by atoms with E-state index in [4.69, 9.17) is 0 Å². The van der Waals surface area contributed by atoms with E-state index in [-0.39, 0.29) is 0 Å². The van der Waals surface area contributed by atoms with E-state index in [1.54, 1.807) is 0 Å². The number of rotatable bonds is 4. The second-order valence-corrected chi connectivity index (χ2v) is 3.87. The van der Waals surface area contributed by atoms with Crippen molar-refractivity contribution in [3.63, 3.8) is 0 Å². The Kier molecular flexibility index (Phi) is 3.29. The molecule has 0 amide bonds. The number of hydrogen-bond acceptors (Lipinski definition) is 3. The molecule has 0 atom stereocenters. The molecule has 0 spiro atoms. The standard InChI is InChI=1S/C12H16N4/c1-3-4-8-11-14-12(16-15-11)10-7-5-6-9(2)13-10/h5-7H,3-4,8H2,1-2H3,(H,14,15,16). The second kappa shape index (κ2) is 4.88. The molecule has 1 N–H and O–H groups in total. The van der Waals surface area contributed by atoms with Gasteiger partial charge in [0.15, 0.2) is 5.82 Å². The zero-order valence-electron chi connectivity index (χ0n) is 9.70. The lowest BCUT2D eigenvalue weighted by Gasteiger charge is -1.95. The SMILES string of the molecule is CCCCc1nc(-c2cccc(C)n2)n[nH]1. The molecule has 16 heavy (non-hydrogen) atoms. The van der Waals surface area contributed by atoms with E-state index in [1.807, 2.05) is 25.1 Å². The average molecular weight is 216 g/mol. The molecule has 4 nitrogen and oxygen atoms in total. The smallest absolute Gasteiger partial charge is 0.199 e. The number of nitrogens with one attached hydrogen (secondary N) is 1. The lowest BCUT2D eigenvalue weighted by atomic mass is 10.2. The highest BCUT2D eigenvalue weighted by molar-refractivity contribution is 5.48. The summed E-state index contributed by atoms with van der Waals surface area (Å²) in [6, 6.07) is 5.87. The van der Waals surface area contributed by atoms with Crippen LogP contribution in [0.25, 0.3) is 11.5 Å². The Bertz CT molecular complexity index is 462. The van der Waals surface area contributed by atoms with Gasteiger partial charge in [-0.3, -0.25) is 5.10 Å². The molecule has 0 saturated carbocycles. The van der Waals surface area contributed by atoms with Crippen molar-refractivity contribution < 1.29 is 0 Å². The largest absolute Gasteiger partial charge is 0.263 e. The maximum atomic E-state index is 4.43. The molecule has 84 valence electrons. The van der Waals surface area contributed by atoms with Crippen LogP contribution in [0.5, 0.6) is 0 Å². The van der Waals surface area contributed by atoms with Crippen LogP contribution >= 0.6 is 0 Å². The molecule has 0 bridgehead atoms. The normalized spacial score (nSPS) is 10.6. The van der Waals surface area contributed by atoms with Crippen molar-refractivity contribution in [1.29, 1.82) is 0 Å². The minimum absolute atomic E-state index is 0.690. The van der Waals surface area contributed by atoms with Gasteiger partial charge >= 0.3 is 0 Å². The predicted octanol–water partition coefficient (Wildman–Crippen LogP) is 2.52. The predicted molar refractivity (Wildman–Crippen MR) is 63.0 cm³/mol. The van der Waals surface area contributed by atoms with Gasteiger partial charge in [0.05, 0.1) is 0 Å². The summed E-state index contributed by atoms with van der Waals surface area (Å²) in [5.41, 5.74) is 1.82. The third kappa shape index (κ3) is 2.45. The molecule has 0 fully saturated rings. The molecule has 0 unspecified atom stereocenters. The van der Waals surface area contributed by atoms with Gasteiger partial charge in [-0.1, -0.05) is 19.4 Å². The Labute approximate surface area is 95.1 Å². The number of hydrogen-bond donors (Lipinski definition) is 1. The Morgan fingerprint density at radius 2 is 2.12 bits per heavy atom. The van der Waals surface area contributed by atoms with E-state index in [0.717, 1.165) is 30.1 Å². The fourth-order valence-electron chi connectivity index (χ4n) is 1.53. The zero-order valence-corrected chi connectivity index (χ0v) is 9.70. The molecular formula is C12H16N4. The first kappa shape index (κ1) is 10.8. The highest BCUT2D eigenvalue weighted by Gasteiger charge is 2.06. The minimum atomic E-state index is 0.690. The number of unbranched alkanes of at least 4 members (excludes halogenated alkanes) is 1. The van der Waals surface area contributed by atoms with Gasteiger partial charge in [-0.05, 0) is 25.5 Å². The van der Waals surface area contributed by atoms with Crippen molar-refractivity contribution in [3.05, 3.63) is 29.7 Å². The quantitative estimate of drug-likeness (QED) is 0.854. The number of nitrogens with zero attached hydrogens (tertiary/aromatic N) is 3. The summed E-state index contributed by atoms with van der Waals surface area (Å²) in [4.78, 5) is 8.82. The molecule has 0 radical (unpaired) electrons. The van der Waals surface area contributed by atoms with Gasteiger partial charge in [-0.25, -0.2) is 9.97 Å². The average Bonchev–Trinajstić information content (AvgIpc) is 2.75. The van der Waals surface area contributed by atoms with Gasteiger partial charge in [0.1, 0.15) is 11.5 Å². The molecular weight excluding hydrogens is 200 g/mol. The van der Waals surface area contributed by atoms with Gasteiger partial charge in [-0.15, -0.1) is 0 Å². The second-order valence-electron chi connectivity index (χ2n) is 3.87. The van der Waals surface area contributed by atoms with Crippen molar-refractivity contribution in [1.82, 2.24) is 20.2 Å². The number of aromatic nitrogens is 4. The molecule has 2 heterocycles. The molecule has 2 aromatic heterocycles. The zero-order chi connectivity index (χ0) is 11.4. The van der Waals surface area contributed by atoms with Crippen LogP contribution in [-0.4, -0.2) is 20.2 Å². The number of aryl methyl sites for hydroxylation is 2. The van der Waals surface area contributed by atoms with E-state index < -0.39 is 0 Å². The van der Waals surface area contributed by atoms with Crippen LogP contribution in [0.3, 0.4) is 0 Å². The third-order valence-electron chi connectivity index (χ3n) is 2.42. The fraction of sp³-hybridized carbons (Fsp3) is 0.417. The van der Waals surface area contributed by atoms with E-state index in [0.29, 0.717) is 5.82 Å². The first-order chi connectivity index (χ1) is 7.79. The molecule has 0 aliphatic carbocycles. The van der Waals surface area contributed by atoms with Crippen LogP contribution < -0.4 is 0 Å². The van der Waals surface area contributed by atoms with Gasteiger partial charge in [0, 0.05) is 12.1 Å². The van der Waals surface area contributed by atoms with Crippen molar-refractivity contribution in [2.75, 3.05) is 0 Å². The molecule has 0 saturated heterocycles. The Balaban J connectivity index is 2.18. The van der Waals surface area contributed by atoms with Crippen LogP contribution in [0.1, 0.15) is 31.3 Å². The highest BCUT2D eigenvalue weighted by Crippen LogP contribution is 2.12. The molecule has 2 rings (SSSR count). The molecule has 4 heteroatoms. The van der Waals surface area contributed by atoms with Crippen molar-refractivity contribution in [3.8, 4) is 11.5 Å². The lowest BCUT2D eigenvalue weighted by molar-refractivity contribution is 0.756. The first-order valence-corrected chi connectivity index (χ1v) is 5.65.